The van der Waals surface area contributed by atoms with E-state index in [-0.39, 0.29) is 0 Å². The molecule has 0 amide bonds. The van der Waals surface area contributed by atoms with E-state index >= 15 is 0 Å². The molecule has 0 saturated heterocycles. The Bertz CT molecular complexity index is 537. The molecule has 2 aromatic rings. The zero-order valence-electron chi connectivity index (χ0n) is 10.2. The molecule has 2 rings (SSSR count). The number of aromatic nitrogens is 1. The Hall–Kier alpha value is -1.75. The number of nitrogens with zero attached hydrogens (tertiary/aromatic N) is 2. The Balaban J connectivity index is 2.31. The Morgan fingerprint density at radius 1 is 1.28 bits per heavy atom. The lowest BCUT2D eigenvalue weighted by Crippen LogP contribution is -2.08. The Morgan fingerprint density at radius 3 is 2.72 bits per heavy atom. The number of anilines is 2. The lowest BCUT2D eigenvalue weighted by molar-refractivity contribution is 0.481. The van der Waals surface area contributed by atoms with Gasteiger partial charge in [-0.15, -0.1) is 0 Å². The Kier molecular flexibility index (Phi) is 3.72. The highest BCUT2D eigenvalue weighted by atomic mass is 79.9. The van der Waals surface area contributed by atoms with Crippen molar-refractivity contribution in [1.29, 1.82) is 0 Å². The van der Waals surface area contributed by atoms with Gasteiger partial charge in [0.05, 0.1) is 16.4 Å². The molecule has 0 atom stereocenters. The van der Waals surface area contributed by atoms with Crippen molar-refractivity contribution in [1.82, 2.24) is 4.98 Å². The highest BCUT2D eigenvalue weighted by Gasteiger charge is 2.08. The van der Waals surface area contributed by atoms with Crippen LogP contribution in [0.15, 0.2) is 41.1 Å². The second kappa shape index (κ2) is 5.27. The van der Waals surface area contributed by atoms with Gasteiger partial charge in [0.25, 0.3) is 0 Å². The van der Waals surface area contributed by atoms with Gasteiger partial charge >= 0.3 is 0 Å². The molecule has 0 spiro atoms. The number of pyridine rings is 1. The van der Waals surface area contributed by atoms with Crippen LogP contribution in [0.5, 0.6) is 11.5 Å². The van der Waals surface area contributed by atoms with Crippen molar-refractivity contribution in [2.75, 3.05) is 24.7 Å². The Morgan fingerprint density at radius 2 is 2.06 bits per heavy atom. The van der Waals surface area contributed by atoms with Gasteiger partial charge in [-0.3, -0.25) is 4.98 Å². The molecule has 1 aromatic heterocycles. The summed E-state index contributed by atoms with van der Waals surface area (Å²) in [5, 5.41) is 0. The first kappa shape index (κ1) is 12.7. The second-order valence-corrected chi connectivity index (χ2v) is 4.89. The topological polar surface area (TPSA) is 51.4 Å². The van der Waals surface area contributed by atoms with Crippen molar-refractivity contribution in [2.24, 2.45) is 0 Å². The minimum Gasteiger partial charge on any atom is -0.454 e. The SMILES string of the molecule is CN(C)c1cccc(Oc2c(N)cncc2Br)c1. The number of halogens is 1. The average molecular weight is 308 g/mol. The van der Waals surface area contributed by atoms with Gasteiger partial charge < -0.3 is 15.4 Å². The zero-order valence-corrected chi connectivity index (χ0v) is 11.8. The predicted octanol–water partition coefficient (Wildman–Crippen LogP) is 3.28. The summed E-state index contributed by atoms with van der Waals surface area (Å²) in [6.07, 6.45) is 3.22. The molecule has 2 N–H and O–H groups in total. The molecular formula is C13H14BrN3O. The molecule has 0 aliphatic carbocycles. The van der Waals surface area contributed by atoms with Crippen LogP contribution in [0.3, 0.4) is 0 Å². The second-order valence-electron chi connectivity index (χ2n) is 4.03. The third-order valence-electron chi connectivity index (χ3n) is 2.43. The number of benzene rings is 1. The van der Waals surface area contributed by atoms with Gasteiger partial charge in [0.15, 0.2) is 5.75 Å². The number of hydrogen-bond acceptors (Lipinski definition) is 4. The normalized spacial score (nSPS) is 10.2. The van der Waals surface area contributed by atoms with E-state index in [4.69, 9.17) is 10.5 Å². The van der Waals surface area contributed by atoms with E-state index in [1.165, 1.54) is 0 Å². The molecule has 0 unspecified atom stereocenters. The summed E-state index contributed by atoms with van der Waals surface area (Å²) in [6.45, 7) is 0. The lowest BCUT2D eigenvalue weighted by Gasteiger charge is -2.15. The van der Waals surface area contributed by atoms with Crippen molar-refractivity contribution in [3.63, 3.8) is 0 Å². The first-order valence-electron chi connectivity index (χ1n) is 5.42. The molecule has 0 aliphatic heterocycles. The van der Waals surface area contributed by atoms with Crippen LogP contribution in [0, 0.1) is 0 Å². The van der Waals surface area contributed by atoms with Gasteiger partial charge in [-0.05, 0) is 28.1 Å². The van der Waals surface area contributed by atoms with E-state index in [0.29, 0.717) is 11.4 Å². The van der Waals surface area contributed by atoms with Gasteiger partial charge in [0, 0.05) is 32.0 Å². The van der Waals surface area contributed by atoms with Crippen LogP contribution >= 0.6 is 15.9 Å². The third-order valence-corrected chi connectivity index (χ3v) is 3.00. The summed E-state index contributed by atoms with van der Waals surface area (Å²) in [5.74, 6) is 1.32. The maximum absolute atomic E-state index is 5.84. The van der Waals surface area contributed by atoms with E-state index in [9.17, 15) is 0 Å². The maximum atomic E-state index is 5.84. The summed E-state index contributed by atoms with van der Waals surface area (Å²) in [4.78, 5) is 5.98. The minimum atomic E-state index is 0.500. The monoisotopic (exact) mass is 307 g/mol. The van der Waals surface area contributed by atoms with Crippen molar-refractivity contribution in [2.45, 2.75) is 0 Å². The molecule has 4 nitrogen and oxygen atoms in total. The van der Waals surface area contributed by atoms with Crippen molar-refractivity contribution in [3.8, 4) is 11.5 Å². The summed E-state index contributed by atoms with van der Waals surface area (Å²) in [6, 6.07) is 7.79. The molecule has 0 bridgehead atoms. The standard InChI is InChI=1S/C13H14BrN3O/c1-17(2)9-4-3-5-10(6-9)18-13-11(14)7-16-8-12(13)15/h3-8H,15H2,1-2H3. The average Bonchev–Trinajstić information content (AvgIpc) is 2.34. The van der Waals surface area contributed by atoms with Crippen LogP contribution in [0.2, 0.25) is 0 Å². The predicted molar refractivity (Wildman–Crippen MR) is 77.2 cm³/mol. The summed E-state index contributed by atoms with van der Waals surface area (Å²) < 4.78 is 6.53. The quantitative estimate of drug-likeness (QED) is 0.945. The molecular weight excluding hydrogens is 294 g/mol. The third kappa shape index (κ3) is 2.73. The first-order chi connectivity index (χ1) is 8.58. The highest BCUT2D eigenvalue weighted by molar-refractivity contribution is 9.10. The fraction of sp³-hybridized carbons (Fsp3) is 0.154. The zero-order chi connectivity index (χ0) is 13.1. The minimum absolute atomic E-state index is 0.500. The summed E-state index contributed by atoms with van der Waals surface area (Å²) in [5.41, 5.74) is 7.40. The molecule has 0 saturated carbocycles. The number of nitrogen functional groups attached to an aromatic ring is 1. The molecule has 0 aliphatic rings. The molecule has 1 aromatic carbocycles. The van der Waals surface area contributed by atoms with Gasteiger partial charge in [0.2, 0.25) is 0 Å². The lowest BCUT2D eigenvalue weighted by atomic mass is 10.3. The Labute approximate surface area is 115 Å². The van der Waals surface area contributed by atoms with Crippen LogP contribution < -0.4 is 15.4 Å². The number of nitrogens with two attached hydrogens (primary N) is 1. The van der Waals surface area contributed by atoms with Crippen LogP contribution in [0.25, 0.3) is 0 Å². The molecule has 1 heterocycles. The highest BCUT2D eigenvalue weighted by Crippen LogP contribution is 2.34. The van der Waals surface area contributed by atoms with Crippen molar-refractivity contribution >= 4 is 27.3 Å². The number of ether oxygens (including phenoxy) is 1. The van der Waals surface area contributed by atoms with Crippen LogP contribution in [0.1, 0.15) is 0 Å². The summed E-state index contributed by atoms with van der Waals surface area (Å²) >= 11 is 3.37. The van der Waals surface area contributed by atoms with Crippen molar-refractivity contribution < 1.29 is 4.74 Å². The smallest absolute Gasteiger partial charge is 0.167 e. The van der Waals surface area contributed by atoms with Crippen molar-refractivity contribution in [3.05, 3.63) is 41.1 Å². The fourth-order valence-electron chi connectivity index (χ4n) is 1.49. The molecule has 18 heavy (non-hydrogen) atoms. The van der Waals surface area contributed by atoms with Crippen LogP contribution in [-0.2, 0) is 0 Å². The first-order valence-corrected chi connectivity index (χ1v) is 6.21. The molecule has 0 radical (unpaired) electrons. The summed E-state index contributed by atoms with van der Waals surface area (Å²) in [7, 11) is 3.96. The van der Waals surface area contributed by atoms with Gasteiger partial charge in [0.1, 0.15) is 5.75 Å². The number of rotatable bonds is 3. The molecule has 0 fully saturated rings. The van der Waals surface area contributed by atoms with Gasteiger partial charge in [-0.25, -0.2) is 0 Å². The maximum Gasteiger partial charge on any atom is 0.167 e. The number of hydrogen-bond donors (Lipinski definition) is 1. The van der Waals surface area contributed by atoms with E-state index in [0.717, 1.165) is 15.9 Å². The largest absolute Gasteiger partial charge is 0.454 e. The molecule has 5 heteroatoms. The molecule has 94 valence electrons. The van der Waals surface area contributed by atoms with E-state index in [1.807, 2.05) is 43.3 Å². The van der Waals surface area contributed by atoms with Gasteiger partial charge in [-0.2, -0.15) is 0 Å². The van der Waals surface area contributed by atoms with Gasteiger partial charge in [-0.1, -0.05) is 6.07 Å². The van der Waals surface area contributed by atoms with E-state index in [2.05, 4.69) is 20.9 Å². The van der Waals surface area contributed by atoms with E-state index in [1.54, 1.807) is 12.4 Å². The fourth-order valence-corrected chi connectivity index (χ4v) is 1.92. The van der Waals surface area contributed by atoms with Crippen LogP contribution in [-0.4, -0.2) is 19.1 Å². The van der Waals surface area contributed by atoms with E-state index < -0.39 is 0 Å². The van der Waals surface area contributed by atoms with Crippen LogP contribution in [0.4, 0.5) is 11.4 Å².